The van der Waals surface area contributed by atoms with Crippen molar-refractivity contribution in [3.05, 3.63) is 59.4 Å². The molecule has 5 nitrogen and oxygen atoms in total. The van der Waals surface area contributed by atoms with Crippen LogP contribution in [-0.4, -0.2) is 11.8 Å². The smallest absolute Gasteiger partial charge is 0.239 e. The highest BCUT2D eigenvalue weighted by Gasteiger charge is 2.37. The molecular weight excluding hydrogens is 347 g/mol. The summed E-state index contributed by atoms with van der Waals surface area (Å²) in [7, 11) is 0. The molecule has 8 heteroatoms. The van der Waals surface area contributed by atoms with E-state index in [1.165, 1.54) is 26.0 Å². The molecule has 0 saturated carbocycles. The Labute approximate surface area is 147 Å². The molecule has 2 aromatic carbocycles. The summed E-state index contributed by atoms with van der Waals surface area (Å²) in [5.41, 5.74) is -1.64. The topological polar surface area (TPSA) is 82.0 Å². The van der Waals surface area contributed by atoms with Crippen LogP contribution in [0.4, 0.5) is 24.5 Å². The molecule has 26 heavy (non-hydrogen) atoms. The van der Waals surface area contributed by atoms with Gasteiger partial charge in [-0.3, -0.25) is 9.59 Å². The highest BCUT2D eigenvalue weighted by atomic mass is 19.2. The van der Waals surface area contributed by atoms with Gasteiger partial charge in [-0.25, -0.2) is 13.2 Å². The zero-order valence-electron chi connectivity index (χ0n) is 13.9. The number of nitrogens with one attached hydrogen (secondary N) is 2. The lowest BCUT2D eigenvalue weighted by Gasteiger charge is -2.23. The Morgan fingerprint density at radius 3 is 2.31 bits per heavy atom. The molecule has 0 saturated heterocycles. The lowest BCUT2D eigenvalue weighted by Crippen LogP contribution is -2.41. The van der Waals surface area contributed by atoms with Crippen molar-refractivity contribution in [1.82, 2.24) is 0 Å². The standard InChI is InChI=1S/C18H14F3N3O2/c1-18(2,16(25)23-11-5-3-4-10(8-11)9-22)17(26)24-13-7-6-12(19)14(20)15(13)21/h3-8H,1-2H3,(H,23,25)(H,24,26). The average Bonchev–Trinajstić information content (AvgIpc) is 2.62. The molecule has 2 N–H and O–H groups in total. The van der Waals surface area contributed by atoms with E-state index in [2.05, 4.69) is 10.6 Å². The van der Waals surface area contributed by atoms with Crippen LogP contribution in [0.25, 0.3) is 0 Å². The van der Waals surface area contributed by atoms with Gasteiger partial charge in [-0.05, 0) is 44.2 Å². The highest BCUT2D eigenvalue weighted by Crippen LogP contribution is 2.25. The van der Waals surface area contributed by atoms with Gasteiger partial charge < -0.3 is 10.6 Å². The maximum absolute atomic E-state index is 13.7. The minimum Gasteiger partial charge on any atom is -0.325 e. The van der Waals surface area contributed by atoms with Crippen molar-refractivity contribution in [2.24, 2.45) is 5.41 Å². The van der Waals surface area contributed by atoms with E-state index in [-0.39, 0.29) is 0 Å². The van der Waals surface area contributed by atoms with E-state index in [0.29, 0.717) is 17.3 Å². The molecule has 0 radical (unpaired) electrons. The molecule has 2 amide bonds. The molecule has 0 fully saturated rings. The fourth-order valence-corrected chi connectivity index (χ4v) is 1.96. The number of carbonyl (C=O) groups excluding carboxylic acids is 2. The van der Waals surface area contributed by atoms with E-state index in [9.17, 15) is 22.8 Å². The minimum absolute atomic E-state index is 0.300. The molecule has 0 aromatic heterocycles. The van der Waals surface area contributed by atoms with Gasteiger partial charge in [-0.15, -0.1) is 0 Å². The van der Waals surface area contributed by atoms with E-state index in [1.54, 1.807) is 12.1 Å². The summed E-state index contributed by atoms with van der Waals surface area (Å²) in [4.78, 5) is 24.7. The van der Waals surface area contributed by atoms with Crippen molar-refractivity contribution < 1.29 is 22.8 Å². The van der Waals surface area contributed by atoms with Crippen LogP contribution in [0.15, 0.2) is 36.4 Å². The molecule has 0 heterocycles. The number of carbonyl (C=O) groups is 2. The van der Waals surface area contributed by atoms with Gasteiger partial charge in [0.2, 0.25) is 11.8 Å². The van der Waals surface area contributed by atoms with Crippen LogP contribution in [-0.2, 0) is 9.59 Å². The third kappa shape index (κ3) is 3.83. The number of hydrogen-bond donors (Lipinski definition) is 2. The van der Waals surface area contributed by atoms with Crippen LogP contribution in [0.2, 0.25) is 0 Å². The van der Waals surface area contributed by atoms with E-state index in [4.69, 9.17) is 5.26 Å². The Morgan fingerprint density at radius 2 is 1.65 bits per heavy atom. The Kier molecular flexibility index (Phi) is 5.31. The normalized spacial score (nSPS) is 10.8. The van der Waals surface area contributed by atoms with Crippen molar-refractivity contribution in [2.45, 2.75) is 13.8 Å². The number of amides is 2. The van der Waals surface area contributed by atoms with E-state index in [1.807, 2.05) is 6.07 Å². The monoisotopic (exact) mass is 361 g/mol. The minimum atomic E-state index is -1.72. The molecule has 0 aliphatic rings. The Hall–Kier alpha value is -3.34. The molecular formula is C18H14F3N3O2. The third-order valence-electron chi connectivity index (χ3n) is 3.67. The van der Waals surface area contributed by atoms with Crippen molar-refractivity contribution in [3.8, 4) is 6.07 Å². The summed E-state index contributed by atoms with van der Waals surface area (Å²) in [6.45, 7) is 2.56. The number of nitrogens with zero attached hydrogens (tertiary/aromatic N) is 1. The van der Waals surface area contributed by atoms with Crippen LogP contribution in [0.5, 0.6) is 0 Å². The largest absolute Gasteiger partial charge is 0.325 e. The molecule has 0 aliphatic heterocycles. The fraction of sp³-hybridized carbons (Fsp3) is 0.167. The zero-order valence-corrected chi connectivity index (χ0v) is 13.9. The predicted octanol–water partition coefficient (Wildman–Crippen LogP) is 3.58. The molecule has 0 aliphatic carbocycles. The van der Waals surface area contributed by atoms with Crippen LogP contribution in [0, 0.1) is 34.2 Å². The molecule has 2 rings (SSSR count). The molecule has 134 valence electrons. The lowest BCUT2D eigenvalue weighted by molar-refractivity contribution is -0.135. The first-order valence-corrected chi connectivity index (χ1v) is 7.43. The summed E-state index contributed by atoms with van der Waals surface area (Å²) in [6, 6.07) is 9.47. The Bertz CT molecular complexity index is 920. The summed E-state index contributed by atoms with van der Waals surface area (Å²) in [5.74, 6) is -6.33. The van der Waals surface area contributed by atoms with Crippen LogP contribution in [0.3, 0.4) is 0 Å². The maximum atomic E-state index is 13.7. The Balaban J connectivity index is 2.17. The van der Waals surface area contributed by atoms with Gasteiger partial charge >= 0.3 is 0 Å². The number of hydrogen-bond acceptors (Lipinski definition) is 3. The van der Waals surface area contributed by atoms with Crippen molar-refractivity contribution >= 4 is 23.2 Å². The van der Waals surface area contributed by atoms with Gasteiger partial charge in [0.1, 0.15) is 5.41 Å². The summed E-state index contributed by atoms with van der Waals surface area (Å²) in [6.07, 6.45) is 0. The summed E-state index contributed by atoms with van der Waals surface area (Å²) >= 11 is 0. The predicted molar refractivity (Wildman–Crippen MR) is 88.5 cm³/mol. The number of benzene rings is 2. The van der Waals surface area contributed by atoms with Gasteiger partial charge in [0, 0.05) is 5.69 Å². The summed E-state index contributed by atoms with van der Waals surface area (Å²) < 4.78 is 39.9. The molecule has 0 spiro atoms. The van der Waals surface area contributed by atoms with Gasteiger partial charge in [-0.1, -0.05) is 6.07 Å². The quantitative estimate of drug-likeness (QED) is 0.645. The van der Waals surface area contributed by atoms with Crippen molar-refractivity contribution in [3.63, 3.8) is 0 Å². The number of nitriles is 1. The second kappa shape index (κ2) is 7.27. The average molecular weight is 361 g/mol. The van der Waals surface area contributed by atoms with Gasteiger partial charge in [0.25, 0.3) is 0 Å². The lowest BCUT2D eigenvalue weighted by atomic mass is 9.90. The van der Waals surface area contributed by atoms with E-state index in [0.717, 1.165) is 6.07 Å². The SMILES string of the molecule is CC(C)(C(=O)Nc1cccc(C#N)c1)C(=O)Nc1ccc(F)c(F)c1F. The maximum Gasteiger partial charge on any atom is 0.239 e. The number of rotatable bonds is 4. The van der Waals surface area contributed by atoms with Gasteiger partial charge in [0.05, 0.1) is 17.3 Å². The van der Waals surface area contributed by atoms with Crippen LogP contribution in [0.1, 0.15) is 19.4 Å². The van der Waals surface area contributed by atoms with Crippen LogP contribution < -0.4 is 10.6 Å². The van der Waals surface area contributed by atoms with Gasteiger partial charge in [-0.2, -0.15) is 5.26 Å². The Morgan fingerprint density at radius 1 is 1.00 bits per heavy atom. The van der Waals surface area contributed by atoms with Crippen molar-refractivity contribution in [2.75, 3.05) is 10.6 Å². The number of halogens is 3. The molecule has 0 atom stereocenters. The van der Waals surface area contributed by atoms with Crippen molar-refractivity contribution in [1.29, 1.82) is 5.26 Å². The molecule has 2 aromatic rings. The molecule has 0 bridgehead atoms. The first-order chi connectivity index (χ1) is 12.2. The zero-order chi connectivity index (χ0) is 19.5. The molecule has 0 unspecified atom stereocenters. The number of anilines is 2. The second-order valence-corrected chi connectivity index (χ2v) is 5.95. The van der Waals surface area contributed by atoms with Crippen LogP contribution >= 0.6 is 0 Å². The third-order valence-corrected chi connectivity index (χ3v) is 3.67. The highest BCUT2D eigenvalue weighted by molar-refractivity contribution is 6.14. The summed E-state index contributed by atoms with van der Waals surface area (Å²) in [5, 5.41) is 13.4. The van der Waals surface area contributed by atoms with E-state index >= 15 is 0 Å². The first-order valence-electron chi connectivity index (χ1n) is 7.43. The fourth-order valence-electron chi connectivity index (χ4n) is 1.96. The second-order valence-electron chi connectivity index (χ2n) is 5.95. The van der Waals surface area contributed by atoms with E-state index < -0.39 is 40.4 Å². The first kappa shape index (κ1) is 19.0. The van der Waals surface area contributed by atoms with Gasteiger partial charge in [0.15, 0.2) is 17.5 Å².